The molecule has 132 valence electrons. The van der Waals surface area contributed by atoms with E-state index in [2.05, 4.69) is 0 Å². The van der Waals surface area contributed by atoms with Crippen LogP contribution in [0.25, 0.3) is 11.1 Å². The highest BCUT2D eigenvalue weighted by Gasteiger charge is 2.39. The Bertz CT molecular complexity index is 901. The summed E-state index contributed by atoms with van der Waals surface area (Å²) in [7, 11) is -3.53. The fraction of sp³-hybridized carbons (Fsp3) is 0.316. The maximum Gasteiger partial charge on any atom is 0.250 e. The van der Waals surface area contributed by atoms with Crippen LogP contribution in [0.15, 0.2) is 47.4 Å². The van der Waals surface area contributed by atoms with E-state index < -0.39 is 21.0 Å². The van der Waals surface area contributed by atoms with Gasteiger partial charge in [-0.25, -0.2) is 8.42 Å². The SMILES string of the molecule is CCOCc1ccccc1-c1cccc(S(=O)(=O)C2CC2)c1C(N)=O. The van der Waals surface area contributed by atoms with Gasteiger partial charge in [-0.3, -0.25) is 4.79 Å². The molecule has 0 bridgehead atoms. The molecule has 1 aliphatic rings. The molecule has 6 heteroatoms. The van der Waals surface area contributed by atoms with E-state index in [0.717, 1.165) is 11.1 Å². The summed E-state index contributed by atoms with van der Waals surface area (Å²) >= 11 is 0. The minimum atomic E-state index is -3.53. The third-order valence-corrected chi connectivity index (χ3v) is 6.61. The van der Waals surface area contributed by atoms with Crippen molar-refractivity contribution in [2.45, 2.75) is 36.5 Å². The van der Waals surface area contributed by atoms with Crippen LogP contribution in [0.1, 0.15) is 35.7 Å². The van der Waals surface area contributed by atoms with E-state index in [1.165, 1.54) is 6.07 Å². The van der Waals surface area contributed by atoms with Gasteiger partial charge in [-0.1, -0.05) is 36.4 Å². The number of rotatable bonds is 7. The molecule has 0 unspecified atom stereocenters. The first kappa shape index (κ1) is 17.6. The summed E-state index contributed by atoms with van der Waals surface area (Å²) in [6.45, 7) is 2.85. The Balaban J connectivity index is 2.20. The molecule has 1 aliphatic carbocycles. The van der Waals surface area contributed by atoms with Crippen molar-refractivity contribution in [2.75, 3.05) is 6.61 Å². The van der Waals surface area contributed by atoms with Crippen molar-refractivity contribution < 1.29 is 17.9 Å². The summed E-state index contributed by atoms with van der Waals surface area (Å²) in [6, 6.07) is 12.3. The maximum atomic E-state index is 12.7. The second-order valence-corrected chi connectivity index (χ2v) is 8.28. The van der Waals surface area contributed by atoms with Gasteiger partial charge in [0.2, 0.25) is 0 Å². The van der Waals surface area contributed by atoms with Gasteiger partial charge < -0.3 is 10.5 Å². The molecule has 0 atom stereocenters. The van der Waals surface area contributed by atoms with E-state index in [-0.39, 0.29) is 10.5 Å². The number of hydrogen-bond acceptors (Lipinski definition) is 4. The van der Waals surface area contributed by atoms with Crippen LogP contribution in [-0.4, -0.2) is 26.2 Å². The Hall–Kier alpha value is -2.18. The number of carbonyl (C=O) groups is 1. The fourth-order valence-electron chi connectivity index (χ4n) is 2.93. The molecule has 5 nitrogen and oxygen atoms in total. The quantitative estimate of drug-likeness (QED) is 0.823. The van der Waals surface area contributed by atoms with Gasteiger partial charge in [0, 0.05) is 6.61 Å². The number of sulfone groups is 1. The van der Waals surface area contributed by atoms with Crippen LogP contribution in [0.2, 0.25) is 0 Å². The van der Waals surface area contributed by atoms with Crippen molar-refractivity contribution in [3.63, 3.8) is 0 Å². The molecule has 0 saturated heterocycles. The monoisotopic (exact) mass is 359 g/mol. The van der Waals surface area contributed by atoms with Crippen LogP contribution in [0.5, 0.6) is 0 Å². The molecule has 2 N–H and O–H groups in total. The fourth-order valence-corrected chi connectivity index (χ4v) is 4.80. The molecule has 0 heterocycles. The minimum absolute atomic E-state index is 0.0335. The summed E-state index contributed by atoms with van der Waals surface area (Å²) < 4.78 is 30.9. The number of amides is 1. The van der Waals surface area contributed by atoms with E-state index >= 15 is 0 Å². The van der Waals surface area contributed by atoms with Crippen molar-refractivity contribution in [3.05, 3.63) is 53.6 Å². The van der Waals surface area contributed by atoms with E-state index in [1.54, 1.807) is 12.1 Å². The molecule has 0 radical (unpaired) electrons. The first-order valence-electron chi connectivity index (χ1n) is 8.29. The second kappa shape index (κ2) is 6.98. The molecular weight excluding hydrogens is 338 g/mol. The molecule has 3 rings (SSSR count). The van der Waals surface area contributed by atoms with Crippen molar-refractivity contribution in [1.82, 2.24) is 0 Å². The van der Waals surface area contributed by atoms with Crippen LogP contribution >= 0.6 is 0 Å². The largest absolute Gasteiger partial charge is 0.377 e. The normalized spacial score (nSPS) is 14.4. The van der Waals surface area contributed by atoms with Gasteiger partial charge in [-0.15, -0.1) is 0 Å². The van der Waals surface area contributed by atoms with Gasteiger partial charge in [0.25, 0.3) is 5.91 Å². The zero-order valence-corrected chi connectivity index (χ0v) is 14.9. The van der Waals surface area contributed by atoms with Crippen molar-refractivity contribution in [3.8, 4) is 11.1 Å². The number of benzene rings is 2. The van der Waals surface area contributed by atoms with Gasteiger partial charge in [0.1, 0.15) is 0 Å². The van der Waals surface area contributed by atoms with E-state index in [9.17, 15) is 13.2 Å². The van der Waals surface area contributed by atoms with E-state index in [1.807, 2.05) is 31.2 Å². The van der Waals surface area contributed by atoms with Crippen molar-refractivity contribution in [2.24, 2.45) is 5.73 Å². The predicted octanol–water partition coefficient (Wildman–Crippen LogP) is 2.93. The Labute approximate surface area is 147 Å². The molecule has 0 spiro atoms. The molecule has 2 aromatic carbocycles. The van der Waals surface area contributed by atoms with Crippen LogP contribution in [0.3, 0.4) is 0 Å². The number of ether oxygens (including phenoxy) is 1. The standard InChI is InChI=1S/C19H21NO4S/c1-2-24-12-13-6-3-4-7-15(13)16-8-5-9-17(18(16)19(20)21)25(22,23)14-10-11-14/h3-9,14H,2,10-12H2,1H3,(H2,20,21). The topological polar surface area (TPSA) is 86.5 Å². The van der Waals surface area contributed by atoms with Crippen LogP contribution < -0.4 is 5.73 Å². The molecule has 1 amide bonds. The third kappa shape index (κ3) is 3.45. The average molecular weight is 359 g/mol. The van der Waals surface area contributed by atoms with Crippen LogP contribution in [0, 0.1) is 0 Å². The average Bonchev–Trinajstić information content (AvgIpc) is 3.45. The Morgan fingerprint density at radius 3 is 2.44 bits per heavy atom. The Morgan fingerprint density at radius 2 is 1.80 bits per heavy atom. The molecule has 0 aromatic heterocycles. The summed E-state index contributed by atoms with van der Waals surface area (Å²) in [5, 5.41) is -0.403. The molecule has 1 fully saturated rings. The lowest BCUT2D eigenvalue weighted by Gasteiger charge is -2.15. The van der Waals surface area contributed by atoms with E-state index in [0.29, 0.717) is 31.6 Å². The number of primary amides is 1. The highest BCUT2D eigenvalue weighted by molar-refractivity contribution is 7.92. The van der Waals surface area contributed by atoms with E-state index in [4.69, 9.17) is 10.5 Å². The zero-order valence-electron chi connectivity index (χ0n) is 14.1. The summed E-state index contributed by atoms with van der Waals surface area (Å²) in [5.74, 6) is -0.735. The molecule has 1 saturated carbocycles. The first-order valence-corrected chi connectivity index (χ1v) is 9.84. The zero-order chi connectivity index (χ0) is 18.0. The third-order valence-electron chi connectivity index (χ3n) is 4.31. The van der Waals surface area contributed by atoms with Gasteiger partial charge in [-0.2, -0.15) is 0 Å². The van der Waals surface area contributed by atoms with Crippen LogP contribution in [-0.2, 0) is 21.2 Å². The lowest BCUT2D eigenvalue weighted by atomic mass is 9.95. The molecule has 25 heavy (non-hydrogen) atoms. The maximum absolute atomic E-state index is 12.7. The van der Waals surface area contributed by atoms with Gasteiger partial charge in [-0.05, 0) is 42.5 Å². The Kier molecular flexibility index (Phi) is 4.92. The number of nitrogens with two attached hydrogens (primary N) is 1. The summed E-state index contributed by atoms with van der Waals surface area (Å²) in [4.78, 5) is 12.2. The highest BCUT2D eigenvalue weighted by atomic mass is 32.2. The smallest absolute Gasteiger partial charge is 0.250 e. The van der Waals surface area contributed by atoms with Crippen molar-refractivity contribution >= 4 is 15.7 Å². The molecule has 0 aliphatic heterocycles. The lowest BCUT2D eigenvalue weighted by molar-refractivity contribution is 0.0997. The second-order valence-electron chi connectivity index (χ2n) is 6.08. The van der Waals surface area contributed by atoms with Gasteiger partial charge in [0.05, 0.1) is 22.3 Å². The van der Waals surface area contributed by atoms with Crippen molar-refractivity contribution in [1.29, 1.82) is 0 Å². The van der Waals surface area contributed by atoms with Crippen LogP contribution in [0.4, 0.5) is 0 Å². The molecular formula is C19H21NO4S. The summed E-state index contributed by atoms with van der Waals surface area (Å²) in [6.07, 6.45) is 1.26. The Morgan fingerprint density at radius 1 is 1.12 bits per heavy atom. The highest BCUT2D eigenvalue weighted by Crippen LogP contribution is 2.38. The predicted molar refractivity (Wildman–Crippen MR) is 95.9 cm³/mol. The van der Waals surface area contributed by atoms with Gasteiger partial charge >= 0.3 is 0 Å². The number of hydrogen-bond donors (Lipinski definition) is 1. The van der Waals surface area contributed by atoms with Gasteiger partial charge in [0.15, 0.2) is 9.84 Å². The number of carbonyl (C=O) groups excluding carboxylic acids is 1. The molecule has 2 aromatic rings. The minimum Gasteiger partial charge on any atom is -0.377 e. The summed E-state index contributed by atoms with van der Waals surface area (Å²) in [5.41, 5.74) is 7.83. The lowest BCUT2D eigenvalue weighted by Crippen LogP contribution is -2.19. The first-order chi connectivity index (χ1) is 12.0.